The Morgan fingerprint density at radius 2 is 0.862 bits per heavy atom. The monoisotopic (exact) mass is 562 g/mol. The third-order valence-corrected chi connectivity index (χ3v) is 8.93. The van der Waals surface area contributed by atoms with E-state index in [-0.39, 0.29) is 5.56 Å². The maximum atomic E-state index is 11.2. The van der Waals surface area contributed by atoms with Crippen LogP contribution in [0.1, 0.15) is 5.56 Å². The SMILES string of the molecule is Cc1cccc(S(=O)(=O)Cl)c1S(=O)(=O)Cl.O=S(=O)(Cl)c1ccccc1S(=O)(=O)Cl. The lowest BCUT2D eigenvalue weighted by Gasteiger charge is -2.06. The number of benzene rings is 2. The van der Waals surface area contributed by atoms with Crippen LogP contribution in [-0.2, 0) is 36.2 Å². The van der Waals surface area contributed by atoms with E-state index < -0.39 is 55.8 Å². The van der Waals surface area contributed by atoms with E-state index in [0.29, 0.717) is 0 Å². The van der Waals surface area contributed by atoms with Gasteiger partial charge in [-0.25, -0.2) is 33.7 Å². The van der Waals surface area contributed by atoms with Gasteiger partial charge >= 0.3 is 0 Å². The molecule has 0 fully saturated rings. The fourth-order valence-electron chi connectivity index (χ4n) is 1.98. The highest BCUT2D eigenvalue weighted by Gasteiger charge is 2.25. The molecule has 16 heteroatoms. The highest BCUT2D eigenvalue weighted by Crippen LogP contribution is 2.29. The first-order valence-corrected chi connectivity index (χ1v) is 16.1. The Labute approximate surface area is 186 Å². The van der Waals surface area contributed by atoms with Crippen LogP contribution in [-0.4, -0.2) is 33.7 Å². The Morgan fingerprint density at radius 1 is 0.517 bits per heavy atom. The van der Waals surface area contributed by atoms with Gasteiger partial charge in [-0.1, -0.05) is 24.3 Å². The molecule has 0 spiro atoms. The number of hydrogen-bond donors (Lipinski definition) is 0. The molecule has 162 valence electrons. The van der Waals surface area contributed by atoms with E-state index in [4.69, 9.17) is 42.7 Å². The zero-order valence-electron chi connectivity index (χ0n) is 14.0. The second-order valence-corrected chi connectivity index (χ2v) is 15.2. The normalized spacial score (nSPS) is 12.7. The molecular weight excluding hydrogens is 554 g/mol. The van der Waals surface area contributed by atoms with Crippen molar-refractivity contribution in [2.45, 2.75) is 26.5 Å². The summed E-state index contributed by atoms with van der Waals surface area (Å²) in [5.74, 6) is 0. The second kappa shape index (κ2) is 9.27. The van der Waals surface area contributed by atoms with Crippen molar-refractivity contribution < 1.29 is 33.7 Å². The predicted molar refractivity (Wildman–Crippen MR) is 110 cm³/mol. The molecule has 2 aromatic carbocycles. The Kier molecular flexibility index (Phi) is 8.45. The van der Waals surface area contributed by atoms with Crippen LogP contribution in [0.4, 0.5) is 0 Å². The Hall–Kier alpha value is -0.600. The summed E-state index contributed by atoms with van der Waals surface area (Å²) in [6.07, 6.45) is 0. The molecule has 0 heterocycles. The summed E-state index contributed by atoms with van der Waals surface area (Å²) < 4.78 is 88.3. The molecule has 2 aromatic rings. The number of hydrogen-bond acceptors (Lipinski definition) is 8. The van der Waals surface area contributed by atoms with Crippen LogP contribution in [0.2, 0.25) is 0 Å². The van der Waals surface area contributed by atoms with Crippen LogP contribution in [0.25, 0.3) is 0 Å². The van der Waals surface area contributed by atoms with Crippen molar-refractivity contribution in [1.29, 1.82) is 0 Å². The number of rotatable bonds is 4. The molecule has 8 nitrogen and oxygen atoms in total. The molecule has 0 amide bonds. The first kappa shape index (κ1) is 26.4. The van der Waals surface area contributed by atoms with E-state index in [2.05, 4.69) is 0 Å². The average Bonchev–Trinajstić information content (AvgIpc) is 2.51. The molecule has 0 radical (unpaired) electrons. The minimum absolute atomic E-state index is 0.228. The fourth-order valence-corrected chi connectivity index (χ4v) is 8.14. The Bertz CT molecular complexity index is 1300. The van der Waals surface area contributed by atoms with E-state index in [1.165, 1.54) is 31.2 Å². The van der Waals surface area contributed by atoms with Gasteiger partial charge in [0.15, 0.2) is 0 Å². The zero-order chi connectivity index (χ0) is 22.8. The summed E-state index contributed by atoms with van der Waals surface area (Å²) in [5.41, 5.74) is 0.228. The van der Waals surface area contributed by atoms with E-state index in [1.54, 1.807) is 0 Å². The zero-order valence-corrected chi connectivity index (χ0v) is 20.2. The number of aryl methyl sites for hydroxylation is 1. The highest BCUT2D eigenvalue weighted by atomic mass is 35.7. The van der Waals surface area contributed by atoms with E-state index in [9.17, 15) is 33.7 Å². The van der Waals surface area contributed by atoms with Gasteiger partial charge < -0.3 is 0 Å². The van der Waals surface area contributed by atoms with Crippen molar-refractivity contribution in [3.05, 3.63) is 48.0 Å². The third-order valence-electron chi connectivity index (χ3n) is 3.06. The fraction of sp³-hybridized carbons (Fsp3) is 0.0769. The summed E-state index contributed by atoms with van der Waals surface area (Å²) in [6.45, 7) is 1.43. The van der Waals surface area contributed by atoms with Gasteiger partial charge in [0, 0.05) is 42.7 Å². The summed E-state index contributed by atoms with van der Waals surface area (Å²) in [5, 5.41) is 0. The molecule has 0 aliphatic carbocycles. The van der Waals surface area contributed by atoms with Crippen LogP contribution >= 0.6 is 42.7 Å². The summed E-state index contributed by atoms with van der Waals surface area (Å²) >= 11 is 0. The molecule has 0 N–H and O–H groups in total. The van der Waals surface area contributed by atoms with Gasteiger partial charge in [-0.05, 0) is 30.7 Å². The van der Waals surface area contributed by atoms with Crippen LogP contribution < -0.4 is 0 Å². The van der Waals surface area contributed by atoms with Gasteiger partial charge in [-0.15, -0.1) is 0 Å². The molecule has 0 unspecified atom stereocenters. The lowest BCUT2D eigenvalue weighted by Crippen LogP contribution is -2.03. The van der Waals surface area contributed by atoms with Gasteiger partial charge in [0.2, 0.25) is 0 Å². The van der Waals surface area contributed by atoms with E-state index in [1.807, 2.05) is 0 Å². The first-order chi connectivity index (χ1) is 12.9. The number of halogens is 4. The summed E-state index contributed by atoms with van der Waals surface area (Å²) in [7, 11) is 3.77. The van der Waals surface area contributed by atoms with Gasteiger partial charge in [0.05, 0.1) is 0 Å². The van der Waals surface area contributed by atoms with Crippen molar-refractivity contribution in [2.75, 3.05) is 0 Å². The van der Waals surface area contributed by atoms with Gasteiger partial charge in [0.25, 0.3) is 36.2 Å². The standard InChI is InChI=1S/C7H6Cl2O4S2.C6H4Cl2O4S2/c1-5-3-2-4-6(14(8,10)11)7(5)15(9,12)13;7-13(9,10)5-3-1-2-4-6(5)14(8,11)12/h2-4H,1H3;1-4H. The molecule has 0 aliphatic heterocycles. The van der Waals surface area contributed by atoms with Crippen molar-refractivity contribution in [2.24, 2.45) is 0 Å². The van der Waals surface area contributed by atoms with Crippen LogP contribution in [0.3, 0.4) is 0 Å². The Morgan fingerprint density at radius 3 is 1.14 bits per heavy atom. The van der Waals surface area contributed by atoms with E-state index >= 15 is 0 Å². The van der Waals surface area contributed by atoms with Gasteiger partial charge in [0.1, 0.15) is 19.6 Å². The molecule has 0 saturated heterocycles. The quantitative estimate of drug-likeness (QED) is 0.516. The molecular formula is C13H10Cl4O8S4. The predicted octanol–water partition coefficient (Wildman–Crippen LogP) is 3.39. The van der Waals surface area contributed by atoms with Gasteiger partial charge in [-0.2, -0.15) is 0 Å². The molecule has 0 bridgehead atoms. The van der Waals surface area contributed by atoms with Gasteiger partial charge in [-0.3, -0.25) is 0 Å². The highest BCUT2D eigenvalue weighted by molar-refractivity contribution is 8.17. The molecule has 0 aromatic heterocycles. The van der Waals surface area contributed by atoms with Crippen LogP contribution in [0, 0.1) is 6.92 Å². The minimum atomic E-state index is -4.14. The lowest BCUT2D eigenvalue weighted by molar-refractivity contribution is 0.596. The summed E-state index contributed by atoms with van der Waals surface area (Å²) in [4.78, 5) is -2.01. The smallest absolute Gasteiger partial charge is 0.207 e. The molecule has 0 atom stereocenters. The molecule has 29 heavy (non-hydrogen) atoms. The van der Waals surface area contributed by atoms with E-state index in [0.717, 1.165) is 18.2 Å². The maximum Gasteiger partial charge on any atom is 0.262 e. The van der Waals surface area contributed by atoms with Crippen molar-refractivity contribution in [3.63, 3.8) is 0 Å². The lowest BCUT2D eigenvalue weighted by atomic mass is 10.2. The van der Waals surface area contributed by atoms with Crippen LogP contribution in [0.5, 0.6) is 0 Å². The molecule has 0 aliphatic rings. The largest absolute Gasteiger partial charge is 0.262 e. The topological polar surface area (TPSA) is 137 Å². The van der Waals surface area contributed by atoms with Crippen molar-refractivity contribution >= 4 is 78.9 Å². The molecule has 0 saturated carbocycles. The van der Waals surface area contributed by atoms with Crippen molar-refractivity contribution in [1.82, 2.24) is 0 Å². The van der Waals surface area contributed by atoms with Crippen LogP contribution in [0.15, 0.2) is 62.0 Å². The molecule has 2 rings (SSSR count). The van der Waals surface area contributed by atoms with Crippen molar-refractivity contribution in [3.8, 4) is 0 Å². The second-order valence-electron chi connectivity index (χ2n) is 5.10. The average molecular weight is 564 g/mol. The third kappa shape index (κ3) is 7.55. The minimum Gasteiger partial charge on any atom is -0.207 e. The first-order valence-electron chi connectivity index (χ1n) is 6.84. The maximum absolute atomic E-state index is 11.2. The Balaban J connectivity index is 0.000000291. The summed E-state index contributed by atoms with van der Waals surface area (Å²) in [6, 6.07) is 8.73.